The fourth-order valence-corrected chi connectivity index (χ4v) is 5.81. The van der Waals surface area contributed by atoms with Crippen LogP contribution in [0.3, 0.4) is 0 Å². The van der Waals surface area contributed by atoms with Crippen molar-refractivity contribution in [2.45, 2.75) is 36.6 Å². The molecule has 0 unspecified atom stereocenters. The zero-order chi connectivity index (χ0) is 29.9. The normalized spacial score (nSPS) is 11.6. The number of nitrogens with one attached hydrogen (secondary N) is 2. The lowest BCUT2D eigenvalue weighted by molar-refractivity contribution is 0.0953. The molecule has 6 nitrogen and oxygen atoms in total. The molecular formula is C31H27Cl2F2N5OS. The predicted octanol–water partition coefficient (Wildman–Crippen LogP) is 7.77. The van der Waals surface area contributed by atoms with E-state index in [9.17, 15) is 9.18 Å². The van der Waals surface area contributed by atoms with Crippen molar-refractivity contribution in [3.8, 4) is 5.69 Å². The molecule has 0 atom stereocenters. The number of rotatable bonds is 10. The number of carbonyl (C=O) groups is 1. The van der Waals surface area contributed by atoms with Crippen molar-refractivity contribution < 1.29 is 13.6 Å². The number of nitrogens with zero attached hydrogens (tertiary/aromatic N) is 3. The van der Waals surface area contributed by atoms with Gasteiger partial charge in [-0.25, -0.2) is 18.7 Å². The minimum atomic E-state index is -0.563. The molecule has 0 radical (unpaired) electrons. The highest BCUT2D eigenvalue weighted by Crippen LogP contribution is 2.38. The van der Waals surface area contributed by atoms with Gasteiger partial charge in [0.1, 0.15) is 11.6 Å². The number of amides is 1. The lowest BCUT2D eigenvalue weighted by atomic mass is 9.81. The van der Waals surface area contributed by atoms with Gasteiger partial charge in [-0.2, -0.15) is 0 Å². The third kappa shape index (κ3) is 6.53. The van der Waals surface area contributed by atoms with Crippen molar-refractivity contribution in [2.24, 2.45) is 0 Å². The Hall–Kier alpha value is -3.66. The first kappa shape index (κ1) is 29.8. The van der Waals surface area contributed by atoms with Gasteiger partial charge in [-0.15, -0.1) is 0 Å². The molecule has 0 saturated carbocycles. The Morgan fingerprint density at radius 2 is 1.81 bits per heavy atom. The van der Waals surface area contributed by atoms with Crippen LogP contribution < -0.4 is 5.32 Å². The number of H-pyrrole nitrogens is 1. The van der Waals surface area contributed by atoms with Crippen LogP contribution in [0.2, 0.25) is 10.0 Å². The summed E-state index contributed by atoms with van der Waals surface area (Å²) in [5.41, 5.74) is 3.46. The van der Waals surface area contributed by atoms with Gasteiger partial charge in [-0.1, -0.05) is 60.9 Å². The van der Waals surface area contributed by atoms with E-state index in [0.29, 0.717) is 39.4 Å². The molecule has 0 aliphatic heterocycles. The molecule has 2 aromatic heterocycles. The maximum atomic E-state index is 15.1. The number of hydrogen-bond acceptors (Lipinski definition) is 4. The number of carbonyl (C=O) groups excluding carboxylic acids is 1. The minimum absolute atomic E-state index is 0.240. The number of imidazole rings is 2. The summed E-state index contributed by atoms with van der Waals surface area (Å²) in [4.78, 5) is 24.1. The first-order valence-electron chi connectivity index (χ1n) is 13.1. The second kappa shape index (κ2) is 12.7. The fourth-order valence-electron chi connectivity index (χ4n) is 4.53. The molecule has 1 amide bonds. The molecule has 0 fully saturated rings. The zero-order valence-electron chi connectivity index (χ0n) is 22.8. The number of aromatic amines is 1. The highest BCUT2D eigenvalue weighted by atomic mass is 35.5. The van der Waals surface area contributed by atoms with Gasteiger partial charge < -0.3 is 10.3 Å². The predicted molar refractivity (Wildman–Crippen MR) is 163 cm³/mol. The molecule has 0 saturated heterocycles. The molecule has 42 heavy (non-hydrogen) atoms. The zero-order valence-corrected chi connectivity index (χ0v) is 25.1. The van der Waals surface area contributed by atoms with Crippen molar-refractivity contribution in [3.63, 3.8) is 0 Å². The van der Waals surface area contributed by atoms with Gasteiger partial charge >= 0.3 is 0 Å². The minimum Gasteiger partial charge on any atom is -0.352 e. The molecule has 0 spiro atoms. The number of thioether (sulfide) groups is 1. The molecule has 11 heteroatoms. The summed E-state index contributed by atoms with van der Waals surface area (Å²) < 4.78 is 30.9. The first-order valence-corrected chi connectivity index (χ1v) is 14.8. The topological polar surface area (TPSA) is 75.6 Å². The molecule has 2 N–H and O–H groups in total. The highest BCUT2D eigenvalue weighted by Gasteiger charge is 2.30. The molecule has 0 aliphatic rings. The average Bonchev–Trinajstić information content (AvgIpc) is 3.65. The van der Waals surface area contributed by atoms with E-state index in [1.54, 1.807) is 49.1 Å². The van der Waals surface area contributed by atoms with Gasteiger partial charge in [-0.3, -0.25) is 9.36 Å². The van der Waals surface area contributed by atoms with E-state index in [-0.39, 0.29) is 23.0 Å². The van der Waals surface area contributed by atoms with E-state index in [1.807, 2.05) is 30.5 Å². The number of benzene rings is 3. The van der Waals surface area contributed by atoms with Crippen LogP contribution in [0.15, 0.2) is 84.5 Å². The molecule has 2 heterocycles. The maximum absolute atomic E-state index is 15.1. The van der Waals surface area contributed by atoms with Gasteiger partial charge in [0, 0.05) is 47.3 Å². The molecular weight excluding hydrogens is 599 g/mol. The van der Waals surface area contributed by atoms with Crippen molar-refractivity contribution in [2.75, 3.05) is 6.54 Å². The van der Waals surface area contributed by atoms with E-state index in [4.69, 9.17) is 23.2 Å². The Morgan fingerprint density at radius 3 is 2.50 bits per heavy atom. The van der Waals surface area contributed by atoms with E-state index in [1.165, 1.54) is 30.0 Å². The van der Waals surface area contributed by atoms with Gasteiger partial charge in [0.05, 0.1) is 28.3 Å². The van der Waals surface area contributed by atoms with E-state index < -0.39 is 11.2 Å². The summed E-state index contributed by atoms with van der Waals surface area (Å²) in [6.45, 7) is 4.47. The Balaban J connectivity index is 1.37. The third-order valence-electron chi connectivity index (χ3n) is 7.00. The Bertz CT molecular complexity index is 1710. The number of halogens is 4. The summed E-state index contributed by atoms with van der Waals surface area (Å²) in [7, 11) is 0. The smallest absolute Gasteiger partial charge is 0.251 e. The largest absolute Gasteiger partial charge is 0.352 e. The molecule has 0 bridgehead atoms. The number of hydrogen-bond donors (Lipinski definition) is 2. The Morgan fingerprint density at radius 1 is 1.02 bits per heavy atom. The van der Waals surface area contributed by atoms with Crippen molar-refractivity contribution in [1.82, 2.24) is 24.8 Å². The number of aromatic nitrogens is 4. The molecule has 0 aliphatic carbocycles. The summed E-state index contributed by atoms with van der Waals surface area (Å²) in [6, 6.07) is 16.1. The van der Waals surface area contributed by atoms with Crippen molar-refractivity contribution in [3.05, 3.63) is 129 Å². The average molecular weight is 627 g/mol. The summed E-state index contributed by atoms with van der Waals surface area (Å²) in [5, 5.41) is 4.29. The van der Waals surface area contributed by atoms with Crippen LogP contribution in [-0.2, 0) is 17.6 Å². The second-order valence-electron chi connectivity index (χ2n) is 10.2. The van der Waals surface area contributed by atoms with E-state index in [2.05, 4.69) is 20.3 Å². The van der Waals surface area contributed by atoms with Gasteiger partial charge in [-0.05, 0) is 59.7 Å². The fraction of sp³-hybridized carbons (Fsp3) is 0.194. The molecule has 5 rings (SSSR count). The van der Waals surface area contributed by atoms with Crippen LogP contribution >= 0.6 is 35.0 Å². The quantitative estimate of drug-likeness (QED) is 0.155. The lowest BCUT2D eigenvalue weighted by Crippen LogP contribution is -2.25. The summed E-state index contributed by atoms with van der Waals surface area (Å²) in [5.74, 6) is -0.933. The SMILES string of the molecule is CC(C)(c1ccc(Cl)c(Cl)c1)c1cnc(SCc2ccc(C(=O)NCCc3cnc[nH]3)cc2F)n1-c1ccc(F)cc1. The van der Waals surface area contributed by atoms with Crippen LogP contribution in [0, 0.1) is 11.6 Å². The van der Waals surface area contributed by atoms with Crippen molar-refractivity contribution in [1.29, 1.82) is 0 Å². The lowest BCUT2D eigenvalue weighted by Gasteiger charge is -2.28. The Kier molecular flexibility index (Phi) is 9.01. The second-order valence-corrected chi connectivity index (χ2v) is 11.9. The van der Waals surface area contributed by atoms with Crippen LogP contribution in [0.5, 0.6) is 0 Å². The van der Waals surface area contributed by atoms with Crippen molar-refractivity contribution >= 4 is 40.9 Å². The van der Waals surface area contributed by atoms with Gasteiger partial charge in [0.25, 0.3) is 5.91 Å². The molecule has 216 valence electrons. The van der Waals surface area contributed by atoms with Crippen LogP contribution in [0.25, 0.3) is 5.69 Å². The third-order valence-corrected chi connectivity index (χ3v) is 8.74. The highest BCUT2D eigenvalue weighted by molar-refractivity contribution is 7.98. The van der Waals surface area contributed by atoms with E-state index >= 15 is 4.39 Å². The van der Waals surface area contributed by atoms with Gasteiger partial charge in [0.2, 0.25) is 0 Å². The first-order chi connectivity index (χ1) is 20.1. The van der Waals surface area contributed by atoms with Gasteiger partial charge in [0.15, 0.2) is 5.16 Å². The van der Waals surface area contributed by atoms with E-state index in [0.717, 1.165) is 17.0 Å². The maximum Gasteiger partial charge on any atom is 0.251 e. The summed E-state index contributed by atoms with van der Waals surface area (Å²) >= 11 is 13.8. The molecule has 3 aromatic carbocycles. The molecule has 5 aromatic rings. The standard InChI is InChI=1S/C31H27Cl2F2N5OS/c1-31(2,21-5-10-25(32)26(33)14-21)28-16-38-30(40(28)24-8-6-22(34)7-9-24)42-17-20-4-3-19(13-27(20)35)29(41)37-12-11-23-15-36-18-39-23/h3-10,13-16,18H,11-12,17H2,1-2H3,(H,36,39)(H,37,41). The Labute approximate surface area is 256 Å². The van der Waals surface area contributed by atoms with Crippen LogP contribution in [0.4, 0.5) is 8.78 Å². The van der Waals surface area contributed by atoms with Crippen LogP contribution in [0.1, 0.15) is 46.7 Å². The monoisotopic (exact) mass is 625 g/mol. The summed E-state index contributed by atoms with van der Waals surface area (Å²) in [6.07, 6.45) is 5.62. The van der Waals surface area contributed by atoms with Crippen LogP contribution in [-0.4, -0.2) is 32.0 Å².